The van der Waals surface area contributed by atoms with Gasteiger partial charge < -0.3 is 4.74 Å². The van der Waals surface area contributed by atoms with Crippen LogP contribution in [0.3, 0.4) is 0 Å². The number of aromatic amines is 1. The Morgan fingerprint density at radius 3 is 2.75 bits per heavy atom. The predicted octanol–water partition coefficient (Wildman–Crippen LogP) is 1.05. The topological polar surface area (TPSA) is 80.8 Å². The summed E-state index contributed by atoms with van der Waals surface area (Å²) in [5, 5.41) is 10.1. The van der Waals surface area contributed by atoms with Crippen LogP contribution < -0.4 is 0 Å². The van der Waals surface area contributed by atoms with Gasteiger partial charge in [0.25, 0.3) is 6.47 Å². The summed E-state index contributed by atoms with van der Waals surface area (Å²) in [6.07, 6.45) is 3.37. The predicted molar refractivity (Wildman–Crippen MR) is 57.3 cm³/mol. The maximum absolute atomic E-state index is 9.18. The first-order chi connectivity index (χ1) is 7.88. The molecule has 0 spiro atoms. The molecule has 2 aromatic heterocycles. The molecule has 2 aromatic rings. The lowest BCUT2D eigenvalue weighted by Gasteiger charge is -1.89. The van der Waals surface area contributed by atoms with Crippen LogP contribution in [-0.4, -0.2) is 33.5 Å². The first-order valence-corrected chi connectivity index (χ1v) is 4.71. The van der Waals surface area contributed by atoms with Crippen LogP contribution in [0.2, 0.25) is 0 Å². The van der Waals surface area contributed by atoms with Gasteiger partial charge in [-0.15, -0.1) is 0 Å². The molecule has 84 valence electrons. The molecule has 0 fully saturated rings. The fraction of sp³-hybridized carbons (Fsp3) is 0.200. The normalized spacial score (nSPS) is 8.81. The zero-order valence-corrected chi connectivity index (χ0v) is 8.83. The molecule has 0 radical (unpaired) electrons. The summed E-state index contributed by atoms with van der Waals surface area (Å²) >= 11 is 0. The molecule has 0 unspecified atom stereocenters. The van der Waals surface area contributed by atoms with Gasteiger partial charge in [-0.2, -0.15) is 15.4 Å². The van der Waals surface area contributed by atoms with Gasteiger partial charge in [0.2, 0.25) is 0 Å². The maximum Gasteiger partial charge on any atom is 0.293 e. The van der Waals surface area contributed by atoms with E-state index < -0.39 is 0 Å². The van der Waals surface area contributed by atoms with E-state index in [-0.39, 0.29) is 0 Å². The van der Waals surface area contributed by atoms with E-state index in [0.717, 1.165) is 11.4 Å². The van der Waals surface area contributed by atoms with E-state index >= 15 is 0 Å². The Labute approximate surface area is 92.7 Å². The largest absolute Gasteiger partial charge is 0.468 e. The van der Waals surface area contributed by atoms with E-state index in [1.54, 1.807) is 19.3 Å². The van der Waals surface area contributed by atoms with Crippen LogP contribution in [0.5, 0.6) is 0 Å². The lowest BCUT2D eigenvalue weighted by Crippen LogP contribution is -1.80. The molecule has 6 nitrogen and oxygen atoms in total. The lowest BCUT2D eigenvalue weighted by molar-refractivity contribution is -0.128. The summed E-state index contributed by atoms with van der Waals surface area (Å²) in [5.74, 6) is 0. The third-order valence-corrected chi connectivity index (χ3v) is 1.58. The molecule has 0 aliphatic heterocycles. The third-order valence-electron chi connectivity index (χ3n) is 1.58. The molecule has 0 aliphatic rings. The highest BCUT2D eigenvalue weighted by Gasteiger charge is 1.98. The van der Waals surface area contributed by atoms with E-state index in [2.05, 4.69) is 25.1 Å². The summed E-state index contributed by atoms with van der Waals surface area (Å²) < 4.78 is 4.15. The van der Waals surface area contributed by atoms with Gasteiger partial charge in [0, 0.05) is 6.20 Å². The van der Waals surface area contributed by atoms with Crippen molar-refractivity contribution in [2.24, 2.45) is 0 Å². The molecule has 6 heteroatoms. The van der Waals surface area contributed by atoms with Crippen molar-refractivity contribution in [3.8, 4) is 11.4 Å². The third kappa shape index (κ3) is 3.87. The summed E-state index contributed by atoms with van der Waals surface area (Å²) in [6, 6.07) is 5.67. The van der Waals surface area contributed by atoms with Crippen LogP contribution in [0.25, 0.3) is 11.4 Å². The number of hydrogen-bond donors (Lipinski definition) is 1. The Morgan fingerprint density at radius 2 is 2.31 bits per heavy atom. The van der Waals surface area contributed by atoms with Gasteiger partial charge in [0.1, 0.15) is 5.69 Å². The molecule has 1 N–H and O–H groups in total. The summed E-state index contributed by atoms with van der Waals surface area (Å²) in [6.45, 7) is 2.66. The van der Waals surface area contributed by atoms with Gasteiger partial charge in [-0.05, 0) is 19.1 Å². The molecule has 0 amide bonds. The Bertz CT molecular complexity index is 388. The van der Waals surface area contributed by atoms with Gasteiger partial charge in [-0.25, -0.2) is 0 Å². The number of carbonyl (C=O) groups excluding carboxylic acids is 1. The monoisotopic (exact) mass is 220 g/mol. The number of aromatic nitrogens is 4. The average Bonchev–Trinajstić information content (AvgIpc) is 2.86. The molecule has 16 heavy (non-hydrogen) atoms. The molecule has 0 aromatic carbocycles. The van der Waals surface area contributed by atoms with E-state index in [4.69, 9.17) is 0 Å². The number of pyridine rings is 1. The minimum absolute atomic E-state index is 0.431. The van der Waals surface area contributed by atoms with E-state index in [1.807, 2.05) is 18.2 Å². The SMILES string of the molecule is CCOC=O.c1ccc(-c2cn[nH]n2)nc1. The number of rotatable bonds is 3. The van der Waals surface area contributed by atoms with Crippen molar-refractivity contribution in [3.63, 3.8) is 0 Å². The van der Waals surface area contributed by atoms with Crippen molar-refractivity contribution in [1.82, 2.24) is 20.4 Å². The fourth-order valence-corrected chi connectivity index (χ4v) is 0.907. The molecule has 2 rings (SSSR count). The van der Waals surface area contributed by atoms with Crippen LogP contribution in [0.4, 0.5) is 0 Å². The van der Waals surface area contributed by atoms with Crippen molar-refractivity contribution < 1.29 is 9.53 Å². The Balaban J connectivity index is 0.000000221. The lowest BCUT2D eigenvalue weighted by atomic mass is 10.3. The quantitative estimate of drug-likeness (QED) is 0.782. The highest BCUT2D eigenvalue weighted by atomic mass is 16.5. The molecular weight excluding hydrogens is 208 g/mol. The van der Waals surface area contributed by atoms with E-state index in [1.165, 1.54) is 0 Å². The Hall–Kier alpha value is -2.24. The van der Waals surface area contributed by atoms with Gasteiger partial charge in [0.05, 0.1) is 18.5 Å². The summed E-state index contributed by atoms with van der Waals surface area (Å²) in [4.78, 5) is 13.3. The number of carbonyl (C=O) groups is 1. The number of H-pyrrole nitrogens is 1. The average molecular weight is 220 g/mol. The van der Waals surface area contributed by atoms with E-state index in [0.29, 0.717) is 13.1 Å². The first kappa shape index (κ1) is 11.8. The Kier molecular flexibility index (Phi) is 5.25. The second-order valence-electron chi connectivity index (χ2n) is 2.62. The minimum Gasteiger partial charge on any atom is -0.468 e. The maximum atomic E-state index is 9.18. The zero-order valence-electron chi connectivity index (χ0n) is 8.83. The highest BCUT2D eigenvalue weighted by Crippen LogP contribution is 2.09. The summed E-state index contributed by atoms with van der Waals surface area (Å²) in [7, 11) is 0. The molecule has 0 bridgehead atoms. The minimum atomic E-state index is 0.431. The molecule has 0 saturated heterocycles. The Morgan fingerprint density at radius 1 is 1.44 bits per heavy atom. The molecule has 0 atom stereocenters. The second kappa shape index (κ2) is 7.10. The van der Waals surface area contributed by atoms with Gasteiger partial charge >= 0.3 is 0 Å². The smallest absolute Gasteiger partial charge is 0.293 e. The van der Waals surface area contributed by atoms with Crippen molar-refractivity contribution in [2.75, 3.05) is 6.61 Å². The number of nitrogens with zero attached hydrogens (tertiary/aromatic N) is 3. The van der Waals surface area contributed by atoms with Gasteiger partial charge in [-0.1, -0.05) is 6.07 Å². The summed E-state index contributed by atoms with van der Waals surface area (Å²) in [5.41, 5.74) is 1.60. The van der Waals surface area contributed by atoms with Crippen LogP contribution in [0.15, 0.2) is 30.6 Å². The van der Waals surface area contributed by atoms with Crippen molar-refractivity contribution in [1.29, 1.82) is 0 Å². The highest BCUT2D eigenvalue weighted by molar-refractivity contribution is 5.50. The van der Waals surface area contributed by atoms with Crippen LogP contribution >= 0.6 is 0 Å². The number of hydrogen-bond acceptors (Lipinski definition) is 5. The van der Waals surface area contributed by atoms with Crippen molar-refractivity contribution in [3.05, 3.63) is 30.6 Å². The van der Waals surface area contributed by atoms with Gasteiger partial charge in [-0.3, -0.25) is 9.78 Å². The second-order valence-corrected chi connectivity index (χ2v) is 2.62. The molecule has 0 saturated carbocycles. The fourth-order valence-electron chi connectivity index (χ4n) is 0.907. The standard InChI is InChI=1S/C7H6N4.C3H6O2/c1-2-4-8-6(3-1)7-5-9-11-10-7;1-2-5-3-4/h1-5H,(H,9,10,11);3H,2H2,1H3. The molecular formula is C10H12N4O2. The van der Waals surface area contributed by atoms with Crippen molar-refractivity contribution in [2.45, 2.75) is 6.92 Å². The number of nitrogens with one attached hydrogen (secondary N) is 1. The molecule has 0 aliphatic carbocycles. The van der Waals surface area contributed by atoms with Gasteiger partial charge in [0.15, 0.2) is 0 Å². The number of ether oxygens (including phenoxy) is 1. The van der Waals surface area contributed by atoms with Crippen LogP contribution in [0.1, 0.15) is 6.92 Å². The van der Waals surface area contributed by atoms with Crippen molar-refractivity contribution >= 4 is 6.47 Å². The van der Waals surface area contributed by atoms with E-state index in [9.17, 15) is 4.79 Å². The molecule has 2 heterocycles. The van der Waals surface area contributed by atoms with Crippen LogP contribution in [0, 0.1) is 0 Å². The van der Waals surface area contributed by atoms with Crippen LogP contribution in [-0.2, 0) is 9.53 Å². The zero-order chi connectivity index (χ0) is 11.6. The first-order valence-electron chi connectivity index (χ1n) is 4.71.